The summed E-state index contributed by atoms with van der Waals surface area (Å²) in [6, 6.07) is 0. The summed E-state index contributed by atoms with van der Waals surface area (Å²) in [4.78, 5) is 1.79. The average molecular weight is 345 g/mol. The molecule has 21 heavy (non-hydrogen) atoms. The van der Waals surface area contributed by atoms with Gasteiger partial charge in [-0.3, -0.25) is 4.90 Å². The Bertz CT molecular complexity index is 120. The van der Waals surface area contributed by atoms with E-state index in [9.17, 15) is 0 Å². The molecule has 0 aromatic heterocycles. The second kappa shape index (κ2) is 32.4. The molecule has 0 aromatic carbocycles. The van der Waals surface area contributed by atoms with E-state index in [4.69, 9.17) is 25.5 Å². The molecule has 5 N–H and O–H groups in total. The van der Waals surface area contributed by atoms with Gasteiger partial charge in [0.15, 0.2) is 0 Å². The molecule has 0 bridgehead atoms. The van der Waals surface area contributed by atoms with E-state index in [1.54, 1.807) is 4.90 Å². The van der Waals surface area contributed by atoms with Gasteiger partial charge in [-0.25, -0.2) is 0 Å². The molecule has 0 atom stereocenters. The van der Waals surface area contributed by atoms with Gasteiger partial charge in [-0.1, -0.05) is 26.7 Å². The number of aliphatic hydroxyl groups is 5. The van der Waals surface area contributed by atoms with E-state index in [1.807, 2.05) is 0 Å². The zero-order valence-electron chi connectivity index (χ0n) is 13.7. The van der Waals surface area contributed by atoms with Gasteiger partial charge < -0.3 is 25.5 Å². The molecular formula is C14H35NO5Ti. The first-order valence-corrected chi connectivity index (χ1v) is 7.44. The Hall–Kier alpha value is 0.474. The molecule has 6 nitrogen and oxygen atoms in total. The third-order valence-corrected chi connectivity index (χ3v) is 2.27. The van der Waals surface area contributed by atoms with Crippen molar-refractivity contribution in [2.45, 2.75) is 39.5 Å². The van der Waals surface area contributed by atoms with Crippen molar-refractivity contribution in [3.63, 3.8) is 0 Å². The standard InChI is InChI=1S/C6H15NO3.2C4H10O.Ti/c8-4-1-7(2-5-9)3-6-10;2*1-2-3-4-5;/h8-10H,1-6H2;2*5H,2-4H2,1H3;. The molecule has 0 unspecified atom stereocenters. The molecular weight excluding hydrogens is 310 g/mol. The van der Waals surface area contributed by atoms with Crippen LogP contribution in [0, 0.1) is 0 Å². The minimum Gasteiger partial charge on any atom is -0.396 e. The van der Waals surface area contributed by atoms with Crippen LogP contribution in [0.1, 0.15) is 39.5 Å². The van der Waals surface area contributed by atoms with Gasteiger partial charge in [-0.05, 0) is 12.8 Å². The Morgan fingerprint density at radius 2 is 0.857 bits per heavy atom. The van der Waals surface area contributed by atoms with E-state index in [0.717, 1.165) is 25.7 Å². The fraction of sp³-hybridized carbons (Fsp3) is 1.00. The molecule has 7 heteroatoms. The predicted octanol–water partition coefficient (Wildman–Crippen LogP) is -0.180. The Morgan fingerprint density at radius 1 is 0.571 bits per heavy atom. The van der Waals surface area contributed by atoms with Crippen LogP contribution in [0.4, 0.5) is 0 Å². The second-order valence-corrected chi connectivity index (χ2v) is 4.17. The van der Waals surface area contributed by atoms with Gasteiger partial charge in [-0.2, -0.15) is 0 Å². The SMILES string of the molecule is CCCCO.CCCCO.OCCN(CCO)CCO.[Ti]. The Morgan fingerprint density at radius 3 is 0.952 bits per heavy atom. The summed E-state index contributed by atoms with van der Waals surface area (Å²) in [5.41, 5.74) is 0. The van der Waals surface area contributed by atoms with Crippen LogP contribution >= 0.6 is 0 Å². The molecule has 0 fully saturated rings. The van der Waals surface area contributed by atoms with E-state index < -0.39 is 0 Å². The van der Waals surface area contributed by atoms with Crippen molar-refractivity contribution < 1.29 is 47.3 Å². The molecule has 0 heterocycles. The first kappa shape index (κ1) is 29.5. The van der Waals surface area contributed by atoms with Crippen molar-refractivity contribution in [3.05, 3.63) is 0 Å². The van der Waals surface area contributed by atoms with Crippen LogP contribution in [0.25, 0.3) is 0 Å². The number of unbranched alkanes of at least 4 members (excludes halogenated alkanes) is 2. The molecule has 0 amide bonds. The summed E-state index contributed by atoms with van der Waals surface area (Å²) < 4.78 is 0. The minimum absolute atomic E-state index is 0. The average Bonchev–Trinajstić information content (AvgIpc) is 2.43. The molecule has 0 aliphatic heterocycles. The van der Waals surface area contributed by atoms with Gasteiger partial charge in [0.25, 0.3) is 0 Å². The van der Waals surface area contributed by atoms with Crippen molar-refractivity contribution in [2.24, 2.45) is 0 Å². The second-order valence-electron chi connectivity index (χ2n) is 4.17. The quantitative estimate of drug-likeness (QED) is 0.352. The van der Waals surface area contributed by atoms with Gasteiger partial charge in [-0.15, -0.1) is 0 Å². The van der Waals surface area contributed by atoms with E-state index in [2.05, 4.69) is 13.8 Å². The Balaban J connectivity index is -0.000000112. The third kappa shape index (κ3) is 38.5. The zero-order chi connectivity index (χ0) is 16.1. The van der Waals surface area contributed by atoms with Crippen molar-refractivity contribution in [3.8, 4) is 0 Å². The van der Waals surface area contributed by atoms with E-state index in [0.29, 0.717) is 32.8 Å². The monoisotopic (exact) mass is 345 g/mol. The van der Waals surface area contributed by atoms with Gasteiger partial charge in [0, 0.05) is 54.6 Å². The largest absolute Gasteiger partial charge is 0.396 e. The van der Waals surface area contributed by atoms with Crippen LogP contribution in [0.3, 0.4) is 0 Å². The number of rotatable bonds is 10. The maximum atomic E-state index is 8.48. The summed E-state index contributed by atoms with van der Waals surface area (Å²) in [5, 5.41) is 41.6. The van der Waals surface area contributed by atoms with Crippen molar-refractivity contribution in [1.29, 1.82) is 0 Å². The summed E-state index contributed by atoms with van der Waals surface area (Å²) >= 11 is 0. The smallest absolute Gasteiger partial charge is 0.0558 e. The number of hydrogen-bond acceptors (Lipinski definition) is 6. The van der Waals surface area contributed by atoms with Crippen LogP contribution < -0.4 is 0 Å². The molecule has 0 rings (SSSR count). The molecule has 0 saturated heterocycles. The summed E-state index contributed by atoms with van der Waals surface area (Å²) in [6.07, 6.45) is 4.08. The normalized spacial score (nSPS) is 9.14. The maximum absolute atomic E-state index is 8.48. The molecule has 130 valence electrons. The van der Waals surface area contributed by atoms with Gasteiger partial charge in [0.2, 0.25) is 0 Å². The zero-order valence-corrected chi connectivity index (χ0v) is 15.2. The van der Waals surface area contributed by atoms with Crippen LogP contribution in [0.15, 0.2) is 0 Å². The van der Waals surface area contributed by atoms with Crippen LogP contribution in [-0.4, -0.2) is 83.1 Å². The number of nitrogens with zero attached hydrogens (tertiary/aromatic N) is 1. The molecule has 0 aliphatic carbocycles. The molecule has 0 aliphatic rings. The summed E-state index contributed by atoms with van der Waals surface area (Å²) in [5.74, 6) is 0. The molecule has 0 aromatic rings. The van der Waals surface area contributed by atoms with Crippen molar-refractivity contribution in [1.82, 2.24) is 4.90 Å². The van der Waals surface area contributed by atoms with Gasteiger partial charge in [0.05, 0.1) is 19.8 Å². The summed E-state index contributed by atoms with van der Waals surface area (Å²) in [7, 11) is 0. The first-order chi connectivity index (χ1) is 9.67. The third-order valence-electron chi connectivity index (χ3n) is 2.27. The fourth-order valence-electron chi connectivity index (χ4n) is 1.08. The number of aliphatic hydroxyl groups excluding tert-OH is 5. The predicted molar refractivity (Wildman–Crippen MR) is 81.7 cm³/mol. The number of hydrogen-bond donors (Lipinski definition) is 5. The molecule has 0 radical (unpaired) electrons. The molecule has 0 spiro atoms. The molecule has 0 saturated carbocycles. The maximum Gasteiger partial charge on any atom is 0.0558 e. The Labute approximate surface area is 144 Å². The summed E-state index contributed by atoms with van der Waals surface area (Å²) in [6.45, 7) is 6.54. The van der Waals surface area contributed by atoms with Crippen LogP contribution in [0.5, 0.6) is 0 Å². The fourth-order valence-corrected chi connectivity index (χ4v) is 1.08. The minimum atomic E-state index is 0. The van der Waals surface area contributed by atoms with Crippen LogP contribution in [0.2, 0.25) is 0 Å². The van der Waals surface area contributed by atoms with Gasteiger partial charge >= 0.3 is 0 Å². The topological polar surface area (TPSA) is 104 Å². The van der Waals surface area contributed by atoms with E-state index in [-0.39, 0.29) is 41.5 Å². The van der Waals surface area contributed by atoms with Gasteiger partial charge in [0.1, 0.15) is 0 Å². The van der Waals surface area contributed by atoms with E-state index >= 15 is 0 Å². The van der Waals surface area contributed by atoms with E-state index in [1.165, 1.54) is 0 Å². The van der Waals surface area contributed by atoms with Crippen LogP contribution in [-0.2, 0) is 21.7 Å². The van der Waals surface area contributed by atoms with Crippen molar-refractivity contribution in [2.75, 3.05) is 52.7 Å². The first-order valence-electron chi connectivity index (χ1n) is 7.44. The van der Waals surface area contributed by atoms with Crippen molar-refractivity contribution >= 4 is 0 Å². The Kier molecular flexibility index (Phi) is 45.5.